The number of nitrogens with zero attached hydrogens (tertiary/aromatic N) is 1. The van der Waals surface area contributed by atoms with E-state index in [1.807, 2.05) is 13.0 Å². The van der Waals surface area contributed by atoms with Crippen LogP contribution in [-0.4, -0.2) is 19.6 Å². The number of guanidine groups is 1. The lowest BCUT2D eigenvalue weighted by atomic mass is 10.1. The molecule has 0 amide bonds. The van der Waals surface area contributed by atoms with Crippen LogP contribution in [0.15, 0.2) is 23.2 Å². The lowest BCUT2D eigenvalue weighted by molar-refractivity contribution is 0.617. The Bertz CT molecular complexity index is 380. The van der Waals surface area contributed by atoms with Crippen LogP contribution >= 0.6 is 24.0 Å². The summed E-state index contributed by atoms with van der Waals surface area (Å²) in [6, 6.07) is 5.10. The fourth-order valence-corrected chi connectivity index (χ4v) is 1.39. The average molecular weight is 351 g/mol. The Hall–Kier alpha value is -0.850. The number of nitrogens with one attached hydrogen (secondary N) is 2. The van der Waals surface area contributed by atoms with E-state index in [1.54, 1.807) is 20.0 Å². The van der Waals surface area contributed by atoms with Gasteiger partial charge in [-0.1, -0.05) is 12.1 Å². The van der Waals surface area contributed by atoms with Crippen molar-refractivity contribution in [3.8, 4) is 0 Å². The van der Waals surface area contributed by atoms with E-state index in [1.165, 1.54) is 6.07 Å². The van der Waals surface area contributed by atoms with Crippen molar-refractivity contribution in [1.29, 1.82) is 0 Å². The third-order valence-corrected chi connectivity index (χ3v) is 2.25. The second-order valence-electron chi connectivity index (χ2n) is 3.54. The summed E-state index contributed by atoms with van der Waals surface area (Å²) in [6.45, 7) is 5.23. The van der Waals surface area contributed by atoms with Gasteiger partial charge in [-0.2, -0.15) is 0 Å². The number of hydrogen-bond donors (Lipinski definition) is 2. The van der Waals surface area contributed by atoms with Crippen LogP contribution in [0.5, 0.6) is 0 Å². The third-order valence-electron chi connectivity index (χ3n) is 2.25. The molecule has 0 bridgehead atoms. The maximum Gasteiger partial charge on any atom is 0.191 e. The van der Waals surface area contributed by atoms with Gasteiger partial charge in [0.05, 0.1) is 0 Å². The highest BCUT2D eigenvalue weighted by Crippen LogP contribution is 2.08. The van der Waals surface area contributed by atoms with Crippen molar-refractivity contribution in [1.82, 2.24) is 10.6 Å². The minimum atomic E-state index is -0.167. The van der Waals surface area contributed by atoms with Gasteiger partial charge in [0.15, 0.2) is 5.96 Å². The second-order valence-corrected chi connectivity index (χ2v) is 3.54. The second kappa shape index (κ2) is 8.27. The van der Waals surface area contributed by atoms with Gasteiger partial charge < -0.3 is 10.6 Å². The Kier molecular flexibility index (Phi) is 7.86. The van der Waals surface area contributed by atoms with E-state index >= 15 is 0 Å². The largest absolute Gasteiger partial charge is 0.357 e. The van der Waals surface area contributed by atoms with Crippen molar-refractivity contribution in [3.05, 3.63) is 35.1 Å². The van der Waals surface area contributed by atoms with Gasteiger partial charge in [-0.25, -0.2) is 4.39 Å². The van der Waals surface area contributed by atoms with Crippen LogP contribution in [0, 0.1) is 12.7 Å². The van der Waals surface area contributed by atoms with Crippen molar-refractivity contribution >= 4 is 29.9 Å². The fourth-order valence-electron chi connectivity index (χ4n) is 1.39. The molecule has 0 aliphatic rings. The van der Waals surface area contributed by atoms with Gasteiger partial charge in [-0.05, 0) is 31.0 Å². The molecule has 0 heterocycles. The molecular formula is C12H19FIN3. The summed E-state index contributed by atoms with van der Waals surface area (Å²) in [6.07, 6.45) is 0. The zero-order valence-electron chi connectivity index (χ0n) is 10.4. The van der Waals surface area contributed by atoms with E-state index < -0.39 is 0 Å². The standard InChI is InChI=1S/C12H18FN3.HI/c1-4-15-12(14-3)16-8-10-5-6-11(13)9(2)7-10;/h5-7H,4,8H2,1-3H3,(H2,14,15,16);1H. The first-order chi connectivity index (χ1) is 7.67. The van der Waals surface area contributed by atoms with Crippen LogP contribution in [0.3, 0.4) is 0 Å². The Morgan fingerprint density at radius 1 is 1.35 bits per heavy atom. The number of benzene rings is 1. The van der Waals surface area contributed by atoms with E-state index in [9.17, 15) is 4.39 Å². The molecule has 0 aliphatic carbocycles. The van der Waals surface area contributed by atoms with Crippen molar-refractivity contribution in [2.75, 3.05) is 13.6 Å². The molecule has 0 atom stereocenters. The molecule has 0 radical (unpaired) electrons. The normalized spacial score (nSPS) is 10.7. The van der Waals surface area contributed by atoms with E-state index in [-0.39, 0.29) is 29.8 Å². The first-order valence-corrected chi connectivity index (χ1v) is 5.37. The van der Waals surface area contributed by atoms with Crippen molar-refractivity contribution in [2.24, 2.45) is 4.99 Å². The summed E-state index contributed by atoms with van der Waals surface area (Å²) in [7, 11) is 1.72. The minimum absolute atomic E-state index is 0. The molecule has 1 aromatic carbocycles. The van der Waals surface area contributed by atoms with Crippen molar-refractivity contribution in [2.45, 2.75) is 20.4 Å². The predicted molar refractivity (Wildman–Crippen MR) is 80.4 cm³/mol. The van der Waals surface area contributed by atoms with Crippen LogP contribution in [0.4, 0.5) is 4.39 Å². The summed E-state index contributed by atoms with van der Waals surface area (Å²) < 4.78 is 13.0. The van der Waals surface area contributed by atoms with E-state index in [0.29, 0.717) is 12.1 Å². The highest BCUT2D eigenvalue weighted by molar-refractivity contribution is 14.0. The lowest BCUT2D eigenvalue weighted by Crippen LogP contribution is -2.36. The number of halogens is 2. The first kappa shape index (κ1) is 16.1. The number of aliphatic imine (C=N–C) groups is 1. The minimum Gasteiger partial charge on any atom is -0.357 e. The van der Waals surface area contributed by atoms with Gasteiger partial charge >= 0.3 is 0 Å². The monoisotopic (exact) mass is 351 g/mol. The van der Waals surface area contributed by atoms with E-state index in [4.69, 9.17) is 0 Å². The predicted octanol–water partition coefficient (Wildman–Crippen LogP) is 2.44. The molecule has 17 heavy (non-hydrogen) atoms. The maximum atomic E-state index is 13.0. The van der Waals surface area contributed by atoms with Gasteiger partial charge in [-0.3, -0.25) is 4.99 Å². The molecule has 2 N–H and O–H groups in total. The van der Waals surface area contributed by atoms with Gasteiger partial charge in [0, 0.05) is 20.1 Å². The zero-order chi connectivity index (χ0) is 12.0. The highest BCUT2D eigenvalue weighted by Gasteiger charge is 2.00. The summed E-state index contributed by atoms with van der Waals surface area (Å²) in [5, 5.41) is 6.24. The molecule has 5 heteroatoms. The molecule has 0 saturated carbocycles. The van der Waals surface area contributed by atoms with Gasteiger partial charge in [-0.15, -0.1) is 24.0 Å². The maximum absolute atomic E-state index is 13.0. The smallest absolute Gasteiger partial charge is 0.191 e. The molecule has 0 aromatic heterocycles. The Labute approximate surface area is 119 Å². The van der Waals surface area contributed by atoms with Crippen LogP contribution in [-0.2, 0) is 6.54 Å². The van der Waals surface area contributed by atoms with Gasteiger partial charge in [0.2, 0.25) is 0 Å². The molecular weight excluding hydrogens is 332 g/mol. The van der Waals surface area contributed by atoms with E-state index in [2.05, 4.69) is 15.6 Å². The molecule has 96 valence electrons. The summed E-state index contributed by atoms with van der Waals surface area (Å²) in [5.74, 6) is 0.587. The average Bonchev–Trinajstić information content (AvgIpc) is 2.28. The SMILES string of the molecule is CCNC(=NC)NCc1ccc(F)c(C)c1.I. The molecule has 0 spiro atoms. The Balaban J connectivity index is 0.00000256. The number of rotatable bonds is 3. The molecule has 0 fully saturated rings. The summed E-state index contributed by atoms with van der Waals surface area (Å²) >= 11 is 0. The molecule has 0 unspecified atom stereocenters. The molecule has 0 saturated heterocycles. The van der Waals surface area contributed by atoms with E-state index in [0.717, 1.165) is 18.1 Å². The Morgan fingerprint density at radius 3 is 2.59 bits per heavy atom. The van der Waals surface area contributed by atoms with Crippen LogP contribution in [0.25, 0.3) is 0 Å². The molecule has 3 nitrogen and oxygen atoms in total. The van der Waals surface area contributed by atoms with Crippen molar-refractivity contribution < 1.29 is 4.39 Å². The van der Waals surface area contributed by atoms with Gasteiger partial charge in [0.25, 0.3) is 0 Å². The number of aryl methyl sites for hydroxylation is 1. The first-order valence-electron chi connectivity index (χ1n) is 5.37. The lowest BCUT2D eigenvalue weighted by Gasteiger charge is -2.10. The third kappa shape index (κ3) is 5.34. The quantitative estimate of drug-likeness (QED) is 0.499. The van der Waals surface area contributed by atoms with Crippen LogP contribution in [0.2, 0.25) is 0 Å². The fraction of sp³-hybridized carbons (Fsp3) is 0.417. The van der Waals surface area contributed by atoms with Crippen LogP contribution in [0.1, 0.15) is 18.1 Å². The molecule has 1 rings (SSSR count). The molecule has 0 aliphatic heterocycles. The zero-order valence-corrected chi connectivity index (χ0v) is 12.7. The molecule has 1 aromatic rings. The summed E-state index contributed by atoms with van der Waals surface area (Å²) in [4.78, 5) is 4.05. The van der Waals surface area contributed by atoms with Crippen LogP contribution < -0.4 is 10.6 Å². The van der Waals surface area contributed by atoms with Crippen molar-refractivity contribution in [3.63, 3.8) is 0 Å². The van der Waals surface area contributed by atoms with Gasteiger partial charge in [0.1, 0.15) is 5.82 Å². The topological polar surface area (TPSA) is 36.4 Å². The highest BCUT2D eigenvalue weighted by atomic mass is 127. The summed E-state index contributed by atoms with van der Waals surface area (Å²) in [5.41, 5.74) is 1.70. The number of hydrogen-bond acceptors (Lipinski definition) is 1. The Morgan fingerprint density at radius 2 is 2.06 bits per heavy atom.